The van der Waals surface area contributed by atoms with E-state index < -0.39 is 0 Å². The number of aromatic amines is 1. The Morgan fingerprint density at radius 2 is 2.55 bits per heavy atom. The molecule has 1 saturated heterocycles. The molecule has 60 valence electrons. The van der Waals surface area contributed by atoms with Crippen LogP contribution in [0.25, 0.3) is 0 Å². The van der Waals surface area contributed by atoms with E-state index in [-0.39, 0.29) is 0 Å². The van der Waals surface area contributed by atoms with E-state index >= 15 is 0 Å². The summed E-state index contributed by atoms with van der Waals surface area (Å²) >= 11 is 0. The summed E-state index contributed by atoms with van der Waals surface area (Å²) in [6.45, 7) is 5.71. The van der Waals surface area contributed by atoms with E-state index in [1.165, 1.54) is 13.1 Å². The van der Waals surface area contributed by atoms with Crippen molar-refractivity contribution in [3.63, 3.8) is 0 Å². The second-order valence-corrected chi connectivity index (χ2v) is 3.34. The number of nitrogens with one attached hydrogen (secondary N) is 1. The van der Waals surface area contributed by atoms with Crippen molar-refractivity contribution in [1.29, 1.82) is 0 Å². The molecular weight excluding hydrogens is 138 g/mol. The molecule has 0 bridgehead atoms. The molecule has 1 N–H and O–H groups in total. The number of likely N-dealkylation sites (tertiary alicyclic amines) is 1. The average molecular weight is 151 g/mol. The lowest BCUT2D eigenvalue weighted by Gasteiger charge is -2.36. The molecule has 3 heteroatoms. The zero-order valence-corrected chi connectivity index (χ0v) is 6.75. The molecule has 0 aromatic carbocycles. The SMILES string of the molecule is CC1CN(Cc2ncc[nH]2)C1. The van der Waals surface area contributed by atoms with Gasteiger partial charge in [0.2, 0.25) is 0 Å². The van der Waals surface area contributed by atoms with Gasteiger partial charge < -0.3 is 4.98 Å². The van der Waals surface area contributed by atoms with Crippen molar-refractivity contribution in [3.8, 4) is 0 Å². The van der Waals surface area contributed by atoms with E-state index in [9.17, 15) is 0 Å². The van der Waals surface area contributed by atoms with Crippen molar-refractivity contribution in [2.45, 2.75) is 13.5 Å². The largest absolute Gasteiger partial charge is 0.348 e. The summed E-state index contributed by atoms with van der Waals surface area (Å²) in [6.07, 6.45) is 3.68. The number of hydrogen-bond donors (Lipinski definition) is 1. The van der Waals surface area contributed by atoms with E-state index in [4.69, 9.17) is 0 Å². The van der Waals surface area contributed by atoms with Crippen molar-refractivity contribution in [3.05, 3.63) is 18.2 Å². The van der Waals surface area contributed by atoms with Gasteiger partial charge in [0.1, 0.15) is 5.82 Å². The molecule has 3 nitrogen and oxygen atoms in total. The quantitative estimate of drug-likeness (QED) is 0.680. The molecule has 0 unspecified atom stereocenters. The lowest BCUT2D eigenvalue weighted by molar-refractivity contribution is 0.102. The van der Waals surface area contributed by atoms with Gasteiger partial charge in [-0.25, -0.2) is 4.98 Å². The Bertz CT molecular complexity index is 211. The van der Waals surface area contributed by atoms with Crippen LogP contribution in [0.4, 0.5) is 0 Å². The lowest BCUT2D eigenvalue weighted by Crippen LogP contribution is -2.44. The van der Waals surface area contributed by atoms with Crippen molar-refractivity contribution < 1.29 is 0 Å². The zero-order chi connectivity index (χ0) is 7.68. The molecule has 1 aliphatic heterocycles. The highest BCUT2D eigenvalue weighted by Crippen LogP contribution is 2.15. The van der Waals surface area contributed by atoms with Gasteiger partial charge in [-0.15, -0.1) is 0 Å². The van der Waals surface area contributed by atoms with Gasteiger partial charge in [0, 0.05) is 25.5 Å². The van der Waals surface area contributed by atoms with Crippen LogP contribution >= 0.6 is 0 Å². The fourth-order valence-corrected chi connectivity index (χ4v) is 1.55. The minimum absolute atomic E-state index is 0.880. The van der Waals surface area contributed by atoms with E-state index in [1.54, 1.807) is 6.20 Å². The van der Waals surface area contributed by atoms with Crippen LogP contribution in [0.1, 0.15) is 12.7 Å². The molecule has 0 aliphatic carbocycles. The number of nitrogens with zero attached hydrogens (tertiary/aromatic N) is 2. The first-order chi connectivity index (χ1) is 5.34. The molecular formula is C8H13N3. The van der Waals surface area contributed by atoms with Gasteiger partial charge in [0.15, 0.2) is 0 Å². The topological polar surface area (TPSA) is 31.9 Å². The third-order valence-corrected chi connectivity index (χ3v) is 2.07. The first-order valence-corrected chi connectivity index (χ1v) is 4.05. The van der Waals surface area contributed by atoms with Gasteiger partial charge in [-0.05, 0) is 5.92 Å². The fraction of sp³-hybridized carbons (Fsp3) is 0.625. The van der Waals surface area contributed by atoms with Crippen LogP contribution in [0.3, 0.4) is 0 Å². The third kappa shape index (κ3) is 1.43. The van der Waals surface area contributed by atoms with Gasteiger partial charge in [-0.1, -0.05) is 6.92 Å². The number of hydrogen-bond acceptors (Lipinski definition) is 2. The van der Waals surface area contributed by atoms with Crippen molar-refractivity contribution in [2.75, 3.05) is 13.1 Å². The van der Waals surface area contributed by atoms with Crippen molar-refractivity contribution in [1.82, 2.24) is 14.9 Å². The minimum atomic E-state index is 0.880. The maximum absolute atomic E-state index is 4.17. The van der Waals surface area contributed by atoms with Crippen LogP contribution in [-0.4, -0.2) is 28.0 Å². The Morgan fingerprint density at radius 3 is 3.09 bits per heavy atom. The summed E-state index contributed by atoms with van der Waals surface area (Å²) in [7, 11) is 0. The standard InChI is InChI=1S/C8H13N3/c1-7-4-11(5-7)6-8-9-2-3-10-8/h2-3,7H,4-6H2,1H3,(H,9,10). The molecule has 11 heavy (non-hydrogen) atoms. The molecule has 0 radical (unpaired) electrons. The highest BCUT2D eigenvalue weighted by Gasteiger charge is 2.22. The molecule has 0 saturated carbocycles. The Labute approximate surface area is 66.4 Å². The predicted octanol–water partition coefficient (Wildman–Crippen LogP) is 0.861. The predicted molar refractivity (Wildman–Crippen MR) is 43.0 cm³/mol. The summed E-state index contributed by atoms with van der Waals surface area (Å²) in [4.78, 5) is 9.66. The Balaban J connectivity index is 1.84. The summed E-state index contributed by atoms with van der Waals surface area (Å²) < 4.78 is 0. The first kappa shape index (κ1) is 6.85. The molecule has 0 amide bonds. The highest BCUT2D eigenvalue weighted by molar-refractivity contribution is 4.89. The second-order valence-electron chi connectivity index (χ2n) is 3.34. The first-order valence-electron chi connectivity index (χ1n) is 4.05. The van der Waals surface area contributed by atoms with Gasteiger partial charge in [0.05, 0.1) is 6.54 Å². The third-order valence-electron chi connectivity index (χ3n) is 2.07. The zero-order valence-electron chi connectivity index (χ0n) is 6.75. The number of aromatic nitrogens is 2. The fourth-order valence-electron chi connectivity index (χ4n) is 1.55. The number of imidazole rings is 1. The minimum Gasteiger partial charge on any atom is -0.348 e. The molecule has 2 rings (SSSR count). The molecule has 2 heterocycles. The van der Waals surface area contributed by atoms with Crippen LogP contribution in [-0.2, 0) is 6.54 Å². The van der Waals surface area contributed by atoms with E-state index in [0.29, 0.717) is 0 Å². The summed E-state index contributed by atoms with van der Waals surface area (Å²) in [6, 6.07) is 0. The summed E-state index contributed by atoms with van der Waals surface area (Å²) in [5.74, 6) is 1.96. The maximum atomic E-state index is 4.17. The molecule has 1 aromatic heterocycles. The van der Waals surface area contributed by atoms with Crippen LogP contribution < -0.4 is 0 Å². The average Bonchev–Trinajstić information content (AvgIpc) is 2.36. The Hall–Kier alpha value is -0.830. The van der Waals surface area contributed by atoms with Crippen LogP contribution in [0.15, 0.2) is 12.4 Å². The van der Waals surface area contributed by atoms with E-state index in [1.807, 2.05) is 6.20 Å². The highest BCUT2D eigenvalue weighted by atomic mass is 15.2. The smallest absolute Gasteiger partial charge is 0.120 e. The molecule has 1 fully saturated rings. The maximum Gasteiger partial charge on any atom is 0.120 e. The summed E-state index contributed by atoms with van der Waals surface area (Å²) in [5.41, 5.74) is 0. The number of rotatable bonds is 2. The van der Waals surface area contributed by atoms with E-state index in [2.05, 4.69) is 21.8 Å². The Morgan fingerprint density at radius 1 is 1.73 bits per heavy atom. The monoisotopic (exact) mass is 151 g/mol. The normalized spacial score (nSPS) is 20.1. The van der Waals surface area contributed by atoms with Gasteiger partial charge in [-0.2, -0.15) is 0 Å². The lowest BCUT2D eigenvalue weighted by atomic mass is 10.0. The van der Waals surface area contributed by atoms with Crippen LogP contribution in [0.2, 0.25) is 0 Å². The van der Waals surface area contributed by atoms with Crippen molar-refractivity contribution >= 4 is 0 Å². The number of H-pyrrole nitrogens is 1. The molecule has 1 aromatic rings. The van der Waals surface area contributed by atoms with Crippen LogP contribution in [0.5, 0.6) is 0 Å². The van der Waals surface area contributed by atoms with Gasteiger partial charge in [0.25, 0.3) is 0 Å². The summed E-state index contributed by atoms with van der Waals surface area (Å²) in [5, 5.41) is 0. The van der Waals surface area contributed by atoms with Gasteiger partial charge >= 0.3 is 0 Å². The van der Waals surface area contributed by atoms with Crippen LogP contribution in [0, 0.1) is 5.92 Å². The Kier molecular flexibility index (Phi) is 1.66. The molecule has 1 aliphatic rings. The van der Waals surface area contributed by atoms with Crippen molar-refractivity contribution in [2.24, 2.45) is 5.92 Å². The van der Waals surface area contributed by atoms with Gasteiger partial charge in [-0.3, -0.25) is 4.90 Å². The molecule has 0 atom stereocenters. The second kappa shape index (κ2) is 2.66. The van der Waals surface area contributed by atoms with E-state index in [0.717, 1.165) is 18.3 Å². The molecule has 0 spiro atoms.